The lowest BCUT2D eigenvalue weighted by Gasteiger charge is -2.05. The first-order valence-corrected chi connectivity index (χ1v) is 7.94. The van der Waals surface area contributed by atoms with Crippen molar-refractivity contribution in [3.8, 4) is 0 Å². The average Bonchev–Trinajstić information content (AvgIpc) is 2.69. The van der Waals surface area contributed by atoms with Gasteiger partial charge in [0.25, 0.3) is 5.91 Å². The second kappa shape index (κ2) is 6.13. The van der Waals surface area contributed by atoms with Crippen LogP contribution in [0.5, 0.6) is 0 Å². The van der Waals surface area contributed by atoms with Crippen molar-refractivity contribution in [1.82, 2.24) is 0 Å². The van der Waals surface area contributed by atoms with E-state index in [1.807, 2.05) is 0 Å². The molecular formula is C12H8Br2N2OS2. The van der Waals surface area contributed by atoms with Gasteiger partial charge in [0, 0.05) is 11.3 Å². The Kier molecular flexibility index (Phi) is 4.72. The van der Waals surface area contributed by atoms with E-state index in [1.54, 1.807) is 30.3 Å². The number of thiocarbonyl (C=S) groups is 1. The summed E-state index contributed by atoms with van der Waals surface area (Å²) >= 11 is 13.0. The molecule has 1 aromatic carbocycles. The Morgan fingerprint density at radius 2 is 1.89 bits per heavy atom. The van der Waals surface area contributed by atoms with E-state index >= 15 is 0 Å². The normalized spacial score (nSPS) is 10.2. The first-order chi connectivity index (χ1) is 8.97. The van der Waals surface area contributed by atoms with Crippen LogP contribution in [0.3, 0.4) is 0 Å². The molecule has 3 nitrogen and oxygen atoms in total. The Labute approximate surface area is 136 Å². The second-order valence-corrected chi connectivity index (χ2v) is 7.82. The van der Waals surface area contributed by atoms with Crippen molar-refractivity contribution in [2.24, 2.45) is 5.73 Å². The molecule has 98 valence electrons. The van der Waals surface area contributed by atoms with Gasteiger partial charge in [-0.1, -0.05) is 12.2 Å². The first-order valence-electron chi connectivity index (χ1n) is 5.13. The van der Waals surface area contributed by atoms with Crippen LogP contribution in [-0.4, -0.2) is 10.9 Å². The molecule has 0 aliphatic rings. The molecule has 0 fully saturated rings. The van der Waals surface area contributed by atoms with Gasteiger partial charge in [0.15, 0.2) is 0 Å². The predicted molar refractivity (Wildman–Crippen MR) is 90.0 cm³/mol. The topological polar surface area (TPSA) is 55.1 Å². The van der Waals surface area contributed by atoms with E-state index in [9.17, 15) is 4.79 Å². The van der Waals surface area contributed by atoms with Crippen LogP contribution in [0, 0.1) is 0 Å². The van der Waals surface area contributed by atoms with E-state index < -0.39 is 0 Å². The van der Waals surface area contributed by atoms with Gasteiger partial charge < -0.3 is 11.1 Å². The average molecular weight is 420 g/mol. The van der Waals surface area contributed by atoms with Crippen molar-refractivity contribution in [1.29, 1.82) is 0 Å². The van der Waals surface area contributed by atoms with Crippen molar-refractivity contribution in [3.63, 3.8) is 0 Å². The number of carbonyl (C=O) groups excluding carboxylic acids is 1. The van der Waals surface area contributed by atoms with Crippen molar-refractivity contribution < 1.29 is 4.79 Å². The fourth-order valence-corrected chi connectivity index (χ4v) is 4.34. The van der Waals surface area contributed by atoms with Crippen LogP contribution >= 0.6 is 55.4 Å². The molecule has 2 aromatic rings. The van der Waals surface area contributed by atoms with E-state index in [0.717, 1.165) is 13.1 Å². The lowest BCUT2D eigenvalue weighted by molar-refractivity contribution is 0.102. The number of nitrogens with one attached hydrogen (secondary N) is 1. The molecule has 19 heavy (non-hydrogen) atoms. The lowest BCUT2D eigenvalue weighted by atomic mass is 10.2. The summed E-state index contributed by atoms with van der Waals surface area (Å²) in [5.74, 6) is -0.170. The number of hydrogen-bond donors (Lipinski definition) is 2. The minimum atomic E-state index is -0.170. The molecule has 0 spiro atoms. The molecule has 0 unspecified atom stereocenters. The van der Waals surface area contributed by atoms with E-state index in [2.05, 4.69) is 37.2 Å². The van der Waals surface area contributed by atoms with Gasteiger partial charge in [-0.05, 0) is 62.2 Å². The molecule has 0 aliphatic heterocycles. The molecule has 0 radical (unpaired) electrons. The second-order valence-electron chi connectivity index (χ2n) is 3.63. The Bertz CT molecular complexity index is 638. The highest BCUT2D eigenvalue weighted by Gasteiger charge is 2.13. The summed E-state index contributed by atoms with van der Waals surface area (Å²) in [6, 6.07) is 8.85. The lowest BCUT2D eigenvalue weighted by Crippen LogP contribution is -2.12. The molecule has 0 atom stereocenters. The van der Waals surface area contributed by atoms with Crippen molar-refractivity contribution in [2.45, 2.75) is 0 Å². The van der Waals surface area contributed by atoms with E-state index in [0.29, 0.717) is 16.2 Å². The minimum Gasteiger partial charge on any atom is -0.389 e. The fourth-order valence-electron chi connectivity index (χ4n) is 1.41. The Balaban J connectivity index is 2.15. The zero-order valence-corrected chi connectivity index (χ0v) is 14.2. The van der Waals surface area contributed by atoms with Gasteiger partial charge in [-0.2, -0.15) is 0 Å². The molecule has 0 bridgehead atoms. The minimum absolute atomic E-state index is 0.170. The molecule has 1 heterocycles. The van der Waals surface area contributed by atoms with E-state index in [-0.39, 0.29) is 5.91 Å². The molecule has 1 amide bonds. The summed E-state index contributed by atoms with van der Waals surface area (Å²) in [5, 5.41) is 2.81. The number of nitrogens with two attached hydrogens (primary N) is 1. The van der Waals surface area contributed by atoms with Gasteiger partial charge in [-0.15, -0.1) is 11.3 Å². The molecule has 0 saturated heterocycles. The smallest absolute Gasteiger partial charge is 0.257 e. The highest BCUT2D eigenvalue weighted by atomic mass is 79.9. The quantitative estimate of drug-likeness (QED) is 0.734. The third-order valence-corrected chi connectivity index (χ3v) is 4.90. The number of amides is 1. The Morgan fingerprint density at radius 1 is 1.26 bits per heavy atom. The Hall–Kier alpha value is -0.760. The van der Waals surface area contributed by atoms with Crippen LogP contribution < -0.4 is 11.1 Å². The molecule has 0 aliphatic carbocycles. The number of hydrogen-bond acceptors (Lipinski definition) is 3. The third-order valence-electron chi connectivity index (χ3n) is 2.33. The van der Waals surface area contributed by atoms with Gasteiger partial charge >= 0.3 is 0 Å². The molecule has 7 heteroatoms. The highest BCUT2D eigenvalue weighted by Crippen LogP contribution is 2.32. The van der Waals surface area contributed by atoms with E-state index in [4.69, 9.17) is 18.0 Å². The number of carbonyl (C=O) groups is 1. The number of thiophene rings is 1. The first kappa shape index (κ1) is 14.6. The summed E-state index contributed by atoms with van der Waals surface area (Å²) in [6.07, 6.45) is 0. The van der Waals surface area contributed by atoms with E-state index in [1.165, 1.54) is 11.3 Å². The summed E-state index contributed by atoms with van der Waals surface area (Å²) in [7, 11) is 0. The zero-order valence-electron chi connectivity index (χ0n) is 9.44. The van der Waals surface area contributed by atoms with Crippen LogP contribution in [-0.2, 0) is 0 Å². The maximum absolute atomic E-state index is 12.1. The third kappa shape index (κ3) is 3.62. The van der Waals surface area contributed by atoms with Crippen LogP contribution in [0.2, 0.25) is 0 Å². The summed E-state index contributed by atoms with van der Waals surface area (Å²) in [6.45, 7) is 0. The van der Waals surface area contributed by atoms with Gasteiger partial charge in [-0.25, -0.2) is 0 Å². The number of rotatable bonds is 3. The maximum Gasteiger partial charge on any atom is 0.257 e. The van der Waals surface area contributed by atoms with Crippen LogP contribution in [0.1, 0.15) is 15.9 Å². The molecule has 3 N–H and O–H groups in total. The number of benzene rings is 1. The van der Waals surface area contributed by atoms with Crippen LogP contribution in [0.4, 0.5) is 5.69 Å². The summed E-state index contributed by atoms with van der Waals surface area (Å²) in [4.78, 5) is 12.4. The predicted octanol–water partition coefficient (Wildman–Crippen LogP) is 4.16. The van der Waals surface area contributed by atoms with Crippen LogP contribution in [0.25, 0.3) is 0 Å². The molecule has 0 saturated carbocycles. The maximum atomic E-state index is 12.1. The van der Waals surface area contributed by atoms with Gasteiger partial charge in [-0.3, -0.25) is 4.79 Å². The van der Waals surface area contributed by atoms with Gasteiger partial charge in [0.2, 0.25) is 0 Å². The van der Waals surface area contributed by atoms with Gasteiger partial charge in [0.05, 0.1) is 13.1 Å². The number of halogens is 2. The SMILES string of the molecule is NC(=S)c1ccc(NC(=O)c2cc(Br)sc2Br)cc1. The monoisotopic (exact) mass is 418 g/mol. The van der Waals surface area contributed by atoms with Crippen molar-refractivity contribution in [3.05, 3.63) is 49.0 Å². The fraction of sp³-hybridized carbons (Fsp3) is 0. The number of anilines is 1. The van der Waals surface area contributed by atoms with Crippen LogP contribution in [0.15, 0.2) is 37.9 Å². The molecule has 1 aromatic heterocycles. The molecular weight excluding hydrogens is 412 g/mol. The highest BCUT2D eigenvalue weighted by molar-refractivity contribution is 9.12. The van der Waals surface area contributed by atoms with Crippen molar-refractivity contribution >= 4 is 72.0 Å². The zero-order chi connectivity index (χ0) is 14.0. The van der Waals surface area contributed by atoms with Crippen molar-refractivity contribution in [2.75, 3.05) is 5.32 Å². The summed E-state index contributed by atoms with van der Waals surface area (Å²) < 4.78 is 1.69. The summed E-state index contributed by atoms with van der Waals surface area (Å²) in [5.41, 5.74) is 7.57. The van der Waals surface area contributed by atoms with Gasteiger partial charge in [0.1, 0.15) is 4.99 Å². The largest absolute Gasteiger partial charge is 0.389 e. The molecule has 2 rings (SSSR count). The Morgan fingerprint density at radius 3 is 2.37 bits per heavy atom. The standard InChI is InChI=1S/C12H8Br2N2OS2/c13-9-5-8(10(14)19-9)12(17)16-7-3-1-6(2-4-7)11(15)18/h1-5H,(H2,15,18)(H,16,17).